The zero-order valence-corrected chi connectivity index (χ0v) is 28.2. The fourth-order valence-corrected chi connectivity index (χ4v) is 5.04. The first-order valence-electron chi connectivity index (χ1n) is 15.2. The second kappa shape index (κ2) is 11.1. The Balaban J connectivity index is 2.91. The van der Waals surface area contributed by atoms with Crippen LogP contribution in [0.1, 0.15) is 144 Å². The Morgan fingerprint density at radius 2 is 0.615 bits per heavy atom. The van der Waals surface area contributed by atoms with Gasteiger partial charge in [-0.2, -0.15) is 0 Å². The molecule has 0 saturated carbocycles. The lowest BCUT2D eigenvalue weighted by molar-refractivity contribution is 0.327. The summed E-state index contributed by atoms with van der Waals surface area (Å²) in [4.78, 5) is 0. The molecule has 2 aromatic rings. The standard InChI is InChI=1S/C37H60O2/c1-22(2)34(9,10)28-18-26(19-29(32(28)38)35(11,12)23(3)4)17-27-20-30(36(13,14)24(5)6)33(39)31(21-27)37(15,16)25(7)8/h18-25,38-39H,17H2,1-16H3. The van der Waals surface area contributed by atoms with Gasteiger partial charge in [-0.25, -0.2) is 0 Å². The van der Waals surface area contributed by atoms with Crippen LogP contribution in [0.5, 0.6) is 11.5 Å². The van der Waals surface area contributed by atoms with Gasteiger partial charge in [0.25, 0.3) is 0 Å². The van der Waals surface area contributed by atoms with Crippen LogP contribution in [0.15, 0.2) is 24.3 Å². The monoisotopic (exact) mass is 536 g/mol. The van der Waals surface area contributed by atoms with Crippen LogP contribution in [0.4, 0.5) is 0 Å². The van der Waals surface area contributed by atoms with Gasteiger partial charge in [-0.05, 0) is 62.9 Å². The molecule has 0 atom stereocenters. The molecule has 2 nitrogen and oxygen atoms in total. The van der Waals surface area contributed by atoms with E-state index in [0.717, 1.165) is 28.7 Å². The summed E-state index contributed by atoms with van der Waals surface area (Å²) in [5.41, 5.74) is 5.86. The Labute approximate surface area is 241 Å². The van der Waals surface area contributed by atoms with Crippen LogP contribution in [0.3, 0.4) is 0 Å². The molecule has 2 N–H and O–H groups in total. The predicted octanol–water partition coefficient (Wildman–Crippen LogP) is 10.4. The van der Waals surface area contributed by atoms with Crippen molar-refractivity contribution < 1.29 is 10.2 Å². The van der Waals surface area contributed by atoms with Crippen molar-refractivity contribution in [2.75, 3.05) is 0 Å². The van der Waals surface area contributed by atoms with Crippen LogP contribution in [-0.4, -0.2) is 10.2 Å². The van der Waals surface area contributed by atoms with Gasteiger partial charge in [-0.3, -0.25) is 0 Å². The highest BCUT2D eigenvalue weighted by Gasteiger charge is 2.36. The number of hydrogen-bond donors (Lipinski definition) is 2. The maximum atomic E-state index is 11.7. The second-order valence-electron chi connectivity index (χ2n) is 15.8. The molecule has 0 spiro atoms. The molecule has 0 aliphatic rings. The van der Waals surface area contributed by atoms with Crippen molar-refractivity contribution in [3.8, 4) is 11.5 Å². The van der Waals surface area contributed by atoms with Crippen LogP contribution in [-0.2, 0) is 28.1 Å². The van der Waals surface area contributed by atoms with Crippen molar-refractivity contribution in [2.45, 2.75) is 139 Å². The number of hydrogen-bond acceptors (Lipinski definition) is 2. The van der Waals surface area contributed by atoms with Crippen molar-refractivity contribution in [1.29, 1.82) is 0 Å². The SMILES string of the molecule is CC(C)C(C)(C)c1cc(Cc2cc(C(C)(C)C(C)C)c(O)c(C(C)(C)C(C)C)c2)cc(C(C)(C)C(C)C)c1O. The summed E-state index contributed by atoms with van der Waals surface area (Å²) in [5.74, 6) is 2.40. The van der Waals surface area contributed by atoms with E-state index in [4.69, 9.17) is 0 Å². The first-order chi connectivity index (χ1) is 17.5. The molecule has 0 unspecified atom stereocenters. The molecule has 0 bridgehead atoms. The summed E-state index contributed by atoms with van der Waals surface area (Å²) < 4.78 is 0. The first-order valence-corrected chi connectivity index (χ1v) is 15.2. The van der Waals surface area contributed by atoms with Crippen molar-refractivity contribution >= 4 is 0 Å². The van der Waals surface area contributed by atoms with Crippen molar-refractivity contribution in [3.63, 3.8) is 0 Å². The van der Waals surface area contributed by atoms with E-state index < -0.39 is 0 Å². The minimum atomic E-state index is -0.174. The molecule has 2 aromatic carbocycles. The molecule has 0 aliphatic carbocycles. The Bertz CT molecular complexity index is 982. The van der Waals surface area contributed by atoms with E-state index in [1.54, 1.807) is 0 Å². The largest absolute Gasteiger partial charge is 0.507 e. The predicted molar refractivity (Wildman–Crippen MR) is 170 cm³/mol. The quantitative estimate of drug-likeness (QED) is 0.317. The second-order valence-corrected chi connectivity index (χ2v) is 15.8. The molecule has 0 heterocycles. The number of rotatable bonds is 10. The van der Waals surface area contributed by atoms with E-state index >= 15 is 0 Å². The Hall–Kier alpha value is -1.96. The minimum Gasteiger partial charge on any atom is -0.507 e. The van der Waals surface area contributed by atoms with Crippen molar-refractivity contribution in [2.24, 2.45) is 23.7 Å². The van der Waals surface area contributed by atoms with Gasteiger partial charge >= 0.3 is 0 Å². The normalized spacial score (nSPS) is 13.8. The van der Waals surface area contributed by atoms with E-state index in [9.17, 15) is 10.2 Å². The molecule has 0 aliphatic heterocycles. The van der Waals surface area contributed by atoms with Crippen LogP contribution < -0.4 is 0 Å². The van der Waals surface area contributed by atoms with Gasteiger partial charge in [-0.1, -0.05) is 135 Å². The van der Waals surface area contributed by atoms with E-state index in [1.165, 1.54) is 11.1 Å². The van der Waals surface area contributed by atoms with E-state index in [1.807, 2.05) is 0 Å². The highest BCUT2D eigenvalue weighted by Crippen LogP contribution is 2.47. The maximum Gasteiger partial charge on any atom is 0.123 e. The molecule has 2 heteroatoms. The molecule has 0 amide bonds. The van der Waals surface area contributed by atoms with Gasteiger partial charge in [0.15, 0.2) is 0 Å². The summed E-state index contributed by atoms with van der Waals surface area (Å²) >= 11 is 0. The lowest BCUT2D eigenvalue weighted by atomic mass is 9.68. The number of phenols is 2. The van der Waals surface area contributed by atoms with Crippen molar-refractivity contribution in [1.82, 2.24) is 0 Å². The molecule has 39 heavy (non-hydrogen) atoms. The Morgan fingerprint density at radius 3 is 0.769 bits per heavy atom. The van der Waals surface area contributed by atoms with Crippen molar-refractivity contribution in [3.05, 3.63) is 57.6 Å². The van der Waals surface area contributed by atoms with Gasteiger partial charge in [0.2, 0.25) is 0 Å². The zero-order chi connectivity index (χ0) is 30.5. The van der Waals surface area contributed by atoms with Crippen LogP contribution in [0.25, 0.3) is 0 Å². The summed E-state index contributed by atoms with van der Waals surface area (Å²) in [7, 11) is 0. The minimum absolute atomic E-state index is 0.174. The smallest absolute Gasteiger partial charge is 0.123 e. The third-order valence-corrected chi connectivity index (χ3v) is 11.3. The molecule has 0 fully saturated rings. The highest BCUT2D eigenvalue weighted by atomic mass is 16.3. The molecule has 220 valence electrons. The molecule has 0 aromatic heterocycles. The molecule has 0 saturated heterocycles. The van der Waals surface area contributed by atoms with Gasteiger partial charge in [0.1, 0.15) is 11.5 Å². The fourth-order valence-electron chi connectivity index (χ4n) is 5.04. The maximum absolute atomic E-state index is 11.7. The first kappa shape index (κ1) is 33.2. The molecular weight excluding hydrogens is 476 g/mol. The number of benzene rings is 2. The van der Waals surface area contributed by atoms with Gasteiger partial charge in [0.05, 0.1) is 0 Å². The zero-order valence-electron chi connectivity index (χ0n) is 28.2. The fraction of sp³-hybridized carbons (Fsp3) is 0.676. The summed E-state index contributed by atoms with van der Waals surface area (Å²) in [6.07, 6.45) is 0.755. The molecule has 2 rings (SSSR count). The lowest BCUT2D eigenvalue weighted by Gasteiger charge is -2.37. The topological polar surface area (TPSA) is 40.5 Å². The van der Waals surface area contributed by atoms with Crippen LogP contribution in [0, 0.1) is 23.7 Å². The Morgan fingerprint density at radius 1 is 0.436 bits per heavy atom. The third kappa shape index (κ3) is 6.20. The molecule has 0 radical (unpaired) electrons. The van der Waals surface area contributed by atoms with Crippen LogP contribution >= 0.6 is 0 Å². The van der Waals surface area contributed by atoms with Gasteiger partial charge in [-0.15, -0.1) is 0 Å². The summed E-state index contributed by atoms with van der Waals surface area (Å²) in [6.45, 7) is 35.9. The lowest BCUT2D eigenvalue weighted by Crippen LogP contribution is -2.29. The third-order valence-electron chi connectivity index (χ3n) is 11.3. The van der Waals surface area contributed by atoms with E-state index in [0.29, 0.717) is 35.2 Å². The number of phenolic OH excluding ortho intramolecular Hbond substituents is 2. The number of aromatic hydroxyl groups is 2. The van der Waals surface area contributed by atoms with Crippen LogP contribution in [0.2, 0.25) is 0 Å². The van der Waals surface area contributed by atoms with Gasteiger partial charge < -0.3 is 10.2 Å². The average molecular weight is 537 g/mol. The summed E-state index contributed by atoms with van der Waals surface area (Å²) in [6, 6.07) is 8.95. The average Bonchev–Trinajstić information content (AvgIpc) is 2.79. The highest BCUT2D eigenvalue weighted by molar-refractivity contribution is 5.54. The molecular formula is C37H60O2. The van der Waals surface area contributed by atoms with Gasteiger partial charge in [0, 0.05) is 22.3 Å². The van der Waals surface area contributed by atoms with E-state index in [-0.39, 0.29) is 21.7 Å². The van der Waals surface area contributed by atoms with E-state index in [2.05, 4.69) is 135 Å². The Kier molecular flexibility index (Phi) is 9.49. The summed E-state index contributed by atoms with van der Waals surface area (Å²) in [5, 5.41) is 23.4.